The van der Waals surface area contributed by atoms with Gasteiger partial charge in [-0.15, -0.1) is 10.2 Å². The molecule has 2 heterocycles. The molecule has 0 saturated heterocycles. The van der Waals surface area contributed by atoms with Crippen molar-refractivity contribution in [3.8, 4) is 5.88 Å². The summed E-state index contributed by atoms with van der Waals surface area (Å²) in [6, 6.07) is 12.3. The maximum absolute atomic E-state index is 12.4. The molecule has 29 heavy (non-hydrogen) atoms. The fourth-order valence-electron chi connectivity index (χ4n) is 2.23. The van der Waals surface area contributed by atoms with E-state index < -0.39 is 10.0 Å². The van der Waals surface area contributed by atoms with Gasteiger partial charge in [-0.1, -0.05) is 0 Å². The van der Waals surface area contributed by atoms with Gasteiger partial charge in [-0.05, 0) is 42.5 Å². The lowest BCUT2D eigenvalue weighted by atomic mass is 10.2. The first-order valence-electron chi connectivity index (χ1n) is 8.36. The number of nitrogens with zero attached hydrogens (tertiary/aromatic N) is 3. The van der Waals surface area contributed by atoms with Crippen LogP contribution in [0, 0.1) is 0 Å². The Bertz CT molecular complexity index is 1100. The van der Waals surface area contributed by atoms with Crippen molar-refractivity contribution in [1.82, 2.24) is 15.2 Å². The van der Waals surface area contributed by atoms with Gasteiger partial charge in [-0.3, -0.25) is 14.5 Å². The highest BCUT2D eigenvalue weighted by Gasteiger charge is 2.15. The van der Waals surface area contributed by atoms with E-state index in [4.69, 9.17) is 4.74 Å². The summed E-state index contributed by atoms with van der Waals surface area (Å²) in [7, 11) is -2.38. The number of carbonyl (C=O) groups excluding carboxylic acids is 1. The van der Waals surface area contributed by atoms with Crippen molar-refractivity contribution in [2.24, 2.45) is 0 Å². The van der Waals surface area contributed by atoms with Crippen molar-refractivity contribution < 1.29 is 17.9 Å². The summed E-state index contributed by atoms with van der Waals surface area (Å²) in [6.45, 7) is 0. The highest BCUT2D eigenvalue weighted by molar-refractivity contribution is 7.92. The number of rotatable bonds is 8. The molecule has 2 aromatic heterocycles. The van der Waals surface area contributed by atoms with E-state index >= 15 is 0 Å². The summed E-state index contributed by atoms with van der Waals surface area (Å²) in [5.41, 5.74) is 1.09. The predicted octanol–water partition coefficient (Wildman–Crippen LogP) is 2.49. The minimum atomic E-state index is -3.82. The number of carbonyl (C=O) groups is 1. The molecule has 0 aliphatic rings. The van der Waals surface area contributed by atoms with Crippen LogP contribution in [0.15, 0.2) is 78.1 Å². The molecule has 0 radical (unpaired) electrons. The number of hydrogen-bond acceptors (Lipinski definition) is 8. The number of ketones is 1. The van der Waals surface area contributed by atoms with Gasteiger partial charge in [0.15, 0.2) is 11.6 Å². The van der Waals surface area contributed by atoms with Gasteiger partial charge in [0.25, 0.3) is 10.0 Å². The zero-order chi connectivity index (χ0) is 20.7. The SMILES string of the molecule is COc1ccc(NS(=O)(=O)c2ccc(N/C=C\C(=O)c3cccnc3)cc2)nn1. The first kappa shape index (κ1) is 20.0. The van der Waals surface area contributed by atoms with Crippen LogP contribution >= 0.6 is 0 Å². The van der Waals surface area contributed by atoms with Gasteiger partial charge in [0.1, 0.15) is 0 Å². The van der Waals surface area contributed by atoms with E-state index in [1.54, 1.807) is 30.5 Å². The van der Waals surface area contributed by atoms with E-state index in [2.05, 4.69) is 25.2 Å². The third kappa shape index (κ3) is 5.36. The van der Waals surface area contributed by atoms with Crippen LogP contribution in [0.4, 0.5) is 11.5 Å². The molecule has 0 amide bonds. The van der Waals surface area contributed by atoms with Crippen LogP contribution in [-0.2, 0) is 10.0 Å². The van der Waals surface area contributed by atoms with Crippen molar-refractivity contribution >= 4 is 27.3 Å². The topological polar surface area (TPSA) is 123 Å². The molecule has 0 saturated carbocycles. The zero-order valence-corrected chi connectivity index (χ0v) is 16.1. The number of pyridine rings is 1. The summed E-state index contributed by atoms with van der Waals surface area (Å²) >= 11 is 0. The maximum atomic E-state index is 12.4. The highest BCUT2D eigenvalue weighted by atomic mass is 32.2. The van der Waals surface area contributed by atoms with Gasteiger partial charge in [0.2, 0.25) is 5.88 Å². The number of hydrogen-bond donors (Lipinski definition) is 2. The minimum absolute atomic E-state index is 0.0519. The quantitative estimate of drug-likeness (QED) is 0.428. The second kappa shape index (κ2) is 8.93. The monoisotopic (exact) mass is 411 g/mol. The molecular formula is C19H17N5O4S. The van der Waals surface area contributed by atoms with Crippen LogP contribution in [0.3, 0.4) is 0 Å². The average Bonchev–Trinajstić information content (AvgIpc) is 2.75. The van der Waals surface area contributed by atoms with Crippen LogP contribution in [-0.4, -0.2) is 36.5 Å². The number of allylic oxidation sites excluding steroid dienone is 1. The molecule has 0 bridgehead atoms. The second-order valence-electron chi connectivity index (χ2n) is 5.67. The Hall–Kier alpha value is -3.79. The third-order valence-corrected chi connectivity index (χ3v) is 5.05. The molecule has 0 aliphatic carbocycles. The Morgan fingerprint density at radius 1 is 1.07 bits per heavy atom. The largest absolute Gasteiger partial charge is 0.480 e. The lowest BCUT2D eigenvalue weighted by Crippen LogP contribution is -2.14. The van der Waals surface area contributed by atoms with E-state index in [0.29, 0.717) is 11.3 Å². The molecule has 3 aromatic rings. The number of ether oxygens (including phenoxy) is 1. The molecule has 3 rings (SSSR count). The Kier molecular flexibility index (Phi) is 6.15. The Balaban J connectivity index is 1.62. The van der Waals surface area contributed by atoms with Crippen LogP contribution in [0.5, 0.6) is 5.88 Å². The molecule has 9 nitrogen and oxygen atoms in total. The smallest absolute Gasteiger partial charge is 0.263 e. The first-order valence-corrected chi connectivity index (χ1v) is 9.84. The molecule has 0 unspecified atom stereocenters. The molecule has 10 heteroatoms. The van der Waals surface area contributed by atoms with Crippen LogP contribution in [0.1, 0.15) is 10.4 Å². The zero-order valence-electron chi connectivity index (χ0n) is 15.3. The van der Waals surface area contributed by atoms with Gasteiger partial charge in [-0.25, -0.2) is 8.42 Å². The number of anilines is 2. The van der Waals surface area contributed by atoms with E-state index in [9.17, 15) is 13.2 Å². The average molecular weight is 411 g/mol. The summed E-state index contributed by atoms with van der Waals surface area (Å²) in [5.74, 6) is 0.151. The Morgan fingerprint density at radius 3 is 2.48 bits per heavy atom. The van der Waals surface area contributed by atoms with E-state index in [0.717, 1.165) is 0 Å². The Labute approximate surface area is 167 Å². The number of methoxy groups -OCH3 is 1. The van der Waals surface area contributed by atoms with Crippen molar-refractivity contribution in [3.63, 3.8) is 0 Å². The normalized spacial score (nSPS) is 11.2. The van der Waals surface area contributed by atoms with Gasteiger partial charge < -0.3 is 10.1 Å². The van der Waals surface area contributed by atoms with Crippen LogP contribution in [0.2, 0.25) is 0 Å². The van der Waals surface area contributed by atoms with E-state index in [-0.39, 0.29) is 22.4 Å². The van der Waals surface area contributed by atoms with Crippen molar-refractivity contribution in [3.05, 3.63) is 78.8 Å². The summed E-state index contributed by atoms with van der Waals surface area (Å²) in [4.78, 5) is 15.9. The highest BCUT2D eigenvalue weighted by Crippen LogP contribution is 2.17. The van der Waals surface area contributed by atoms with Crippen LogP contribution in [0.25, 0.3) is 0 Å². The van der Waals surface area contributed by atoms with Gasteiger partial charge in [0.05, 0.1) is 12.0 Å². The molecule has 148 valence electrons. The second-order valence-corrected chi connectivity index (χ2v) is 7.36. The van der Waals surface area contributed by atoms with E-state index in [1.165, 1.54) is 49.8 Å². The molecule has 0 aliphatic heterocycles. The molecule has 0 fully saturated rings. The minimum Gasteiger partial charge on any atom is -0.480 e. The third-order valence-electron chi connectivity index (χ3n) is 3.68. The number of aromatic nitrogens is 3. The molecular weight excluding hydrogens is 394 g/mol. The van der Waals surface area contributed by atoms with Crippen molar-refractivity contribution in [1.29, 1.82) is 0 Å². The van der Waals surface area contributed by atoms with Gasteiger partial charge in [-0.2, -0.15) is 0 Å². The molecule has 2 N–H and O–H groups in total. The van der Waals surface area contributed by atoms with Crippen molar-refractivity contribution in [2.45, 2.75) is 4.90 Å². The van der Waals surface area contributed by atoms with Gasteiger partial charge in [0, 0.05) is 42.0 Å². The lowest BCUT2D eigenvalue weighted by molar-refractivity contribution is 0.104. The summed E-state index contributed by atoms with van der Waals surface area (Å²) < 4.78 is 32.1. The Morgan fingerprint density at radius 2 is 1.86 bits per heavy atom. The molecule has 0 spiro atoms. The standard InChI is InChI=1S/C19H17N5O4S/c1-28-19-9-8-18(22-23-19)24-29(26,27)16-6-4-15(5-7-16)21-12-10-17(25)14-3-2-11-20-13-14/h2-13,21H,1H3,(H,22,24)/b12-10-. The fraction of sp³-hybridized carbons (Fsp3) is 0.0526. The first-order chi connectivity index (χ1) is 14.0. The summed E-state index contributed by atoms with van der Waals surface area (Å²) in [5, 5.41) is 10.4. The maximum Gasteiger partial charge on any atom is 0.263 e. The molecule has 0 atom stereocenters. The predicted molar refractivity (Wildman–Crippen MR) is 107 cm³/mol. The van der Waals surface area contributed by atoms with E-state index in [1.807, 2.05) is 0 Å². The lowest BCUT2D eigenvalue weighted by Gasteiger charge is -2.08. The number of benzene rings is 1. The number of nitrogens with one attached hydrogen (secondary N) is 2. The summed E-state index contributed by atoms with van der Waals surface area (Å²) in [6.07, 6.45) is 5.91. The fourth-order valence-corrected chi connectivity index (χ4v) is 3.22. The van der Waals surface area contributed by atoms with Crippen LogP contribution < -0.4 is 14.8 Å². The van der Waals surface area contributed by atoms with Crippen molar-refractivity contribution in [2.75, 3.05) is 17.1 Å². The number of sulfonamides is 1. The van der Waals surface area contributed by atoms with Gasteiger partial charge >= 0.3 is 0 Å². The molecule has 1 aromatic carbocycles.